The molecule has 1 spiro atoms. The SMILES string of the molecule is CCCN1C(=O)[C@H]2C(C(=O)Nc3cccc(OC)c3)[C@H]3C=CC2(O3)C1C(=O)NC1CCCCC1. The van der Waals surface area contributed by atoms with Gasteiger partial charge in [0.2, 0.25) is 17.7 Å². The van der Waals surface area contributed by atoms with E-state index in [1.165, 1.54) is 6.42 Å². The van der Waals surface area contributed by atoms with Gasteiger partial charge >= 0.3 is 0 Å². The fraction of sp³-hybridized carbons (Fsp3) is 0.577. The molecule has 182 valence electrons. The number of likely N-dealkylation sites (tertiary alicyclic amines) is 1. The van der Waals surface area contributed by atoms with E-state index in [-0.39, 0.29) is 23.8 Å². The van der Waals surface area contributed by atoms with Gasteiger partial charge in [0, 0.05) is 24.3 Å². The summed E-state index contributed by atoms with van der Waals surface area (Å²) in [4.78, 5) is 42.3. The quantitative estimate of drug-likeness (QED) is 0.601. The van der Waals surface area contributed by atoms with Gasteiger partial charge in [0.25, 0.3) is 0 Å². The van der Waals surface area contributed by atoms with Crippen LogP contribution in [0, 0.1) is 11.8 Å². The van der Waals surface area contributed by atoms with Gasteiger partial charge in [-0.2, -0.15) is 0 Å². The van der Waals surface area contributed by atoms with E-state index in [1.54, 1.807) is 36.3 Å². The molecule has 2 saturated heterocycles. The van der Waals surface area contributed by atoms with Gasteiger partial charge in [-0.3, -0.25) is 14.4 Å². The lowest BCUT2D eigenvalue weighted by atomic mass is 9.74. The number of anilines is 1. The first-order chi connectivity index (χ1) is 16.5. The lowest BCUT2D eigenvalue weighted by molar-refractivity contribution is -0.141. The van der Waals surface area contributed by atoms with Gasteiger partial charge in [0.1, 0.15) is 17.4 Å². The maximum Gasteiger partial charge on any atom is 0.246 e. The summed E-state index contributed by atoms with van der Waals surface area (Å²) in [5, 5.41) is 6.12. The molecule has 8 heteroatoms. The number of benzene rings is 1. The third-order valence-electron chi connectivity index (χ3n) is 7.68. The Labute approximate surface area is 200 Å². The number of hydrogen-bond donors (Lipinski definition) is 2. The van der Waals surface area contributed by atoms with Gasteiger partial charge in [-0.15, -0.1) is 0 Å². The van der Waals surface area contributed by atoms with Crippen LogP contribution in [0.5, 0.6) is 5.75 Å². The maximum absolute atomic E-state index is 13.7. The average molecular weight is 468 g/mol. The highest BCUT2D eigenvalue weighted by Crippen LogP contribution is 2.55. The summed E-state index contributed by atoms with van der Waals surface area (Å²) in [6.45, 7) is 2.43. The Balaban J connectivity index is 1.41. The molecule has 3 amide bonds. The summed E-state index contributed by atoms with van der Waals surface area (Å²) in [6, 6.07) is 6.47. The van der Waals surface area contributed by atoms with E-state index in [4.69, 9.17) is 9.47 Å². The summed E-state index contributed by atoms with van der Waals surface area (Å²) in [5.74, 6) is -1.42. The van der Waals surface area contributed by atoms with Crippen LogP contribution in [0.2, 0.25) is 0 Å². The zero-order valence-corrected chi connectivity index (χ0v) is 19.8. The molecule has 0 radical (unpaired) electrons. The topological polar surface area (TPSA) is 97.0 Å². The maximum atomic E-state index is 13.7. The van der Waals surface area contributed by atoms with Gasteiger partial charge in [0.05, 0.1) is 25.0 Å². The number of fused-ring (bicyclic) bond motifs is 1. The molecule has 1 aliphatic carbocycles. The predicted octanol–water partition coefficient (Wildman–Crippen LogP) is 2.64. The number of carbonyl (C=O) groups excluding carboxylic acids is 3. The van der Waals surface area contributed by atoms with Crippen LogP contribution in [0.1, 0.15) is 45.4 Å². The van der Waals surface area contributed by atoms with Gasteiger partial charge in [-0.05, 0) is 31.4 Å². The summed E-state index contributed by atoms with van der Waals surface area (Å²) < 4.78 is 11.6. The van der Waals surface area contributed by atoms with E-state index in [2.05, 4.69) is 10.6 Å². The average Bonchev–Trinajstić information content (AvgIpc) is 3.48. The molecular weight excluding hydrogens is 434 g/mol. The summed E-state index contributed by atoms with van der Waals surface area (Å²) >= 11 is 0. The van der Waals surface area contributed by atoms with Crippen molar-refractivity contribution in [1.82, 2.24) is 10.2 Å². The molecule has 3 unspecified atom stereocenters. The monoisotopic (exact) mass is 467 g/mol. The minimum absolute atomic E-state index is 0.130. The molecule has 2 bridgehead atoms. The van der Waals surface area contributed by atoms with Crippen LogP contribution in [0.3, 0.4) is 0 Å². The van der Waals surface area contributed by atoms with E-state index in [9.17, 15) is 14.4 Å². The third-order valence-corrected chi connectivity index (χ3v) is 7.68. The smallest absolute Gasteiger partial charge is 0.246 e. The van der Waals surface area contributed by atoms with Crippen molar-refractivity contribution in [2.24, 2.45) is 11.8 Å². The van der Waals surface area contributed by atoms with Crippen molar-refractivity contribution in [3.63, 3.8) is 0 Å². The molecular formula is C26H33N3O5. The summed E-state index contributed by atoms with van der Waals surface area (Å²) in [5.41, 5.74) is -0.515. The number of nitrogens with zero attached hydrogens (tertiary/aromatic N) is 1. The van der Waals surface area contributed by atoms with Crippen molar-refractivity contribution in [2.45, 2.75) is 69.2 Å². The number of hydrogen-bond acceptors (Lipinski definition) is 5. The normalized spacial score (nSPS) is 32.1. The first kappa shape index (κ1) is 22.9. The van der Waals surface area contributed by atoms with Crippen LogP contribution in [0.4, 0.5) is 5.69 Å². The Kier molecular flexibility index (Phi) is 6.10. The molecule has 2 N–H and O–H groups in total. The van der Waals surface area contributed by atoms with Crippen LogP contribution >= 0.6 is 0 Å². The van der Waals surface area contributed by atoms with Crippen molar-refractivity contribution in [3.8, 4) is 5.75 Å². The van der Waals surface area contributed by atoms with Crippen molar-refractivity contribution in [2.75, 3.05) is 19.0 Å². The molecule has 5 rings (SSSR count). The van der Waals surface area contributed by atoms with Crippen LogP contribution in [-0.4, -0.2) is 60.1 Å². The van der Waals surface area contributed by atoms with Crippen LogP contribution < -0.4 is 15.4 Å². The molecule has 5 atom stereocenters. The molecule has 1 aromatic rings. The summed E-state index contributed by atoms with van der Waals surface area (Å²) in [7, 11) is 1.57. The highest BCUT2D eigenvalue weighted by molar-refractivity contribution is 6.02. The molecule has 3 heterocycles. The van der Waals surface area contributed by atoms with Crippen molar-refractivity contribution in [1.29, 1.82) is 0 Å². The van der Waals surface area contributed by atoms with Crippen LogP contribution in [0.15, 0.2) is 36.4 Å². The molecule has 4 aliphatic rings. The summed E-state index contributed by atoms with van der Waals surface area (Å²) in [6.07, 6.45) is 9.20. The second-order valence-electron chi connectivity index (χ2n) is 9.80. The van der Waals surface area contributed by atoms with Crippen molar-refractivity contribution >= 4 is 23.4 Å². The predicted molar refractivity (Wildman–Crippen MR) is 126 cm³/mol. The molecule has 3 fully saturated rings. The van der Waals surface area contributed by atoms with E-state index < -0.39 is 29.6 Å². The Morgan fingerprint density at radius 3 is 2.74 bits per heavy atom. The molecule has 1 saturated carbocycles. The number of carbonyl (C=O) groups is 3. The zero-order chi connectivity index (χ0) is 23.9. The largest absolute Gasteiger partial charge is 0.497 e. The molecule has 0 aromatic heterocycles. The Morgan fingerprint density at radius 2 is 2.00 bits per heavy atom. The van der Waals surface area contributed by atoms with E-state index in [0.717, 1.165) is 32.1 Å². The fourth-order valence-corrected chi connectivity index (χ4v) is 6.20. The second-order valence-corrected chi connectivity index (χ2v) is 9.80. The van der Waals surface area contributed by atoms with Crippen molar-refractivity contribution < 1.29 is 23.9 Å². The first-order valence-corrected chi connectivity index (χ1v) is 12.4. The highest BCUT2D eigenvalue weighted by atomic mass is 16.5. The van der Waals surface area contributed by atoms with E-state index in [1.807, 2.05) is 19.1 Å². The van der Waals surface area contributed by atoms with Gasteiger partial charge in [-0.25, -0.2) is 0 Å². The van der Waals surface area contributed by atoms with Crippen LogP contribution in [0.25, 0.3) is 0 Å². The first-order valence-electron chi connectivity index (χ1n) is 12.4. The highest BCUT2D eigenvalue weighted by Gasteiger charge is 2.72. The fourth-order valence-electron chi connectivity index (χ4n) is 6.20. The molecule has 1 aromatic carbocycles. The molecule has 34 heavy (non-hydrogen) atoms. The molecule has 8 nitrogen and oxygen atoms in total. The number of ether oxygens (including phenoxy) is 2. The zero-order valence-electron chi connectivity index (χ0n) is 19.8. The lowest BCUT2D eigenvalue weighted by Gasteiger charge is -2.34. The standard InChI is InChI=1S/C26H33N3O5/c1-3-14-29-22(24(31)27-16-8-5-4-6-9-16)26-13-12-19(34-26)20(21(26)25(29)32)23(30)28-17-10-7-11-18(15-17)33-2/h7,10-13,15-16,19-22H,3-6,8-9,14H2,1-2H3,(H,27,31)(H,28,30)/t19-,20?,21-,22?,26?/m1/s1. The van der Waals surface area contributed by atoms with Gasteiger partial charge < -0.3 is 25.0 Å². The van der Waals surface area contributed by atoms with E-state index >= 15 is 0 Å². The number of nitrogens with one attached hydrogen (secondary N) is 2. The Morgan fingerprint density at radius 1 is 1.21 bits per heavy atom. The number of methoxy groups -OCH3 is 1. The molecule has 3 aliphatic heterocycles. The lowest BCUT2D eigenvalue weighted by Crippen LogP contribution is -2.56. The number of amides is 3. The van der Waals surface area contributed by atoms with Crippen LogP contribution in [-0.2, 0) is 19.1 Å². The Bertz CT molecular complexity index is 1000. The van der Waals surface area contributed by atoms with Gasteiger partial charge in [-0.1, -0.05) is 44.4 Å². The third kappa shape index (κ3) is 3.68. The minimum Gasteiger partial charge on any atom is -0.497 e. The van der Waals surface area contributed by atoms with Crippen molar-refractivity contribution in [3.05, 3.63) is 36.4 Å². The number of rotatable bonds is 7. The minimum atomic E-state index is -1.11. The van der Waals surface area contributed by atoms with Gasteiger partial charge in [0.15, 0.2) is 0 Å². The van der Waals surface area contributed by atoms with E-state index in [0.29, 0.717) is 18.0 Å². The Hall–Kier alpha value is -2.87. The second kappa shape index (κ2) is 9.06.